The highest BCUT2D eigenvalue weighted by Gasteiger charge is 2.31. The van der Waals surface area contributed by atoms with E-state index in [1.807, 2.05) is 0 Å². The Morgan fingerprint density at radius 3 is 1.96 bits per heavy atom. The third kappa shape index (κ3) is 5.13. The van der Waals surface area contributed by atoms with Crippen molar-refractivity contribution in [3.05, 3.63) is 47.5 Å². The summed E-state index contributed by atoms with van der Waals surface area (Å²) in [5, 5.41) is 4.77. The molecule has 0 aliphatic heterocycles. The number of ether oxygens (including phenoxy) is 2. The summed E-state index contributed by atoms with van der Waals surface area (Å²) in [4.78, 5) is 23.8. The molecule has 0 saturated carbocycles. The summed E-state index contributed by atoms with van der Waals surface area (Å²) in [6.07, 6.45) is -4.60. The lowest BCUT2D eigenvalue weighted by atomic mass is 10.1. The Hall–Kier alpha value is -3.23. The summed E-state index contributed by atoms with van der Waals surface area (Å²) < 4.78 is 49.1. The Labute approximate surface area is 153 Å². The fourth-order valence-electron chi connectivity index (χ4n) is 2.26. The van der Waals surface area contributed by atoms with Gasteiger partial charge in [0.1, 0.15) is 11.5 Å². The number of nitrogens with one attached hydrogen (secondary N) is 2. The highest BCUT2D eigenvalue weighted by molar-refractivity contribution is 6.07. The van der Waals surface area contributed by atoms with E-state index < -0.39 is 23.6 Å². The molecule has 2 aromatic carbocycles. The minimum absolute atomic E-state index is 0.0405. The molecule has 0 aliphatic carbocycles. The van der Waals surface area contributed by atoms with Gasteiger partial charge in [-0.05, 0) is 30.3 Å². The molecule has 2 N–H and O–H groups in total. The van der Waals surface area contributed by atoms with Crippen LogP contribution >= 0.6 is 0 Å². The largest absolute Gasteiger partial charge is 0.497 e. The van der Waals surface area contributed by atoms with Crippen LogP contribution in [0.25, 0.3) is 0 Å². The van der Waals surface area contributed by atoms with E-state index in [4.69, 9.17) is 9.47 Å². The van der Waals surface area contributed by atoms with E-state index in [1.54, 1.807) is 6.07 Å². The van der Waals surface area contributed by atoms with Crippen molar-refractivity contribution in [2.45, 2.75) is 13.1 Å². The van der Waals surface area contributed by atoms with Gasteiger partial charge in [0, 0.05) is 18.6 Å². The summed E-state index contributed by atoms with van der Waals surface area (Å²) in [7, 11) is 2.80. The van der Waals surface area contributed by atoms with Gasteiger partial charge in [0.25, 0.3) is 5.91 Å². The van der Waals surface area contributed by atoms with Crippen molar-refractivity contribution in [1.82, 2.24) is 0 Å². The van der Waals surface area contributed by atoms with Gasteiger partial charge < -0.3 is 20.1 Å². The molecule has 2 amide bonds. The van der Waals surface area contributed by atoms with Crippen LogP contribution < -0.4 is 20.1 Å². The van der Waals surface area contributed by atoms with Gasteiger partial charge >= 0.3 is 6.18 Å². The molecule has 6 nitrogen and oxygen atoms in total. The maximum Gasteiger partial charge on any atom is 0.416 e. The molecule has 2 aromatic rings. The van der Waals surface area contributed by atoms with E-state index in [0.29, 0.717) is 11.5 Å². The number of alkyl halides is 3. The van der Waals surface area contributed by atoms with Crippen molar-refractivity contribution >= 4 is 23.2 Å². The van der Waals surface area contributed by atoms with Crippen LogP contribution in [0.4, 0.5) is 24.5 Å². The molecule has 0 spiro atoms. The smallest absolute Gasteiger partial charge is 0.416 e. The van der Waals surface area contributed by atoms with E-state index in [-0.39, 0.29) is 16.9 Å². The Morgan fingerprint density at radius 2 is 1.48 bits per heavy atom. The van der Waals surface area contributed by atoms with E-state index in [2.05, 4.69) is 10.6 Å². The lowest BCUT2D eigenvalue weighted by Crippen LogP contribution is -2.16. The van der Waals surface area contributed by atoms with Crippen molar-refractivity contribution in [1.29, 1.82) is 0 Å². The zero-order chi connectivity index (χ0) is 20.2. The molecular formula is C18H17F3N2O4. The second-order valence-corrected chi connectivity index (χ2v) is 5.49. The average molecular weight is 382 g/mol. The van der Waals surface area contributed by atoms with E-state index >= 15 is 0 Å². The molecule has 2 rings (SSSR count). The molecule has 0 radical (unpaired) electrons. The first-order valence-corrected chi connectivity index (χ1v) is 7.67. The van der Waals surface area contributed by atoms with Crippen molar-refractivity contribution in [3.8, 4) is 11.5 Å². The van der Waals surface area contributed by atoms with Crippen LogP contribution in [0.3, 0.4) is 0 Å². The minimum Gasteiger partial charge on any atom is -0.497 e. The van der Waals surface area contributed by atoms with Crippen molar-refractivity contribution in [3.63, 3.8) is 0 Å². The van der Waals surface area contributed by atoms with Crippen molar-refractivity contribution in [2.75, 3.05) is 24.9 Å². The Kier molecular flexibility index (Phi) is 5.94. The highest BCUT2D eigenvalue weighted by atomic mass is 19.4. The number of hydrogen-bond acceptors (Lipinski definition) is 4. The lowest BCUT2D eigenvalue weighted by Gasteiger charge is -2.15. The van der Waals surface area contributed by atoms with E-state index in [0.717, 1.165) is 18.2 Å². The number of carbonyl (C=O) groups is 2. The van der Waals surface area contributed by atoms with Gasteiger partial charge in [0.05, 0.1) is 31.2 Å². The second-order valence-electron chi connectivity index (χ2n) is 5.49. The SMILES string of the molecule is COc1cc(OC)cc(C(=O)Nc2cc(C(F)(F)F)ccc2NC(C)=O)c1. The van der Waals surface area contributed by atoms with Gasteiger partial charge in [-0.2, -0.15) is 13.2 Å². The number of hydrogen-bond donors (Lipinski definition) is 2. The molecule has 0 fully saturated rings. The van der Waals surface area contributed by atoms with E-state index in [9.17, 15) is 22.8 Å². The molecular weight excluding hydrogens is 365 g/mol. The molecule has 0 bridgehead atoms. The Morgan fingerprint density at radius 1 is 0.889 bits per heavy atom. The van der Waals surface area contributed by atoms with Crippen LogP contribution in [0.1, 0.15) is 22.8 Å². The third-order valence-corrected chi connectivity index (χ3v) is 3.52. The zero-order valence-corrected chi connectivity index (χ0v) is 14.7. The van der Waals surface area contributed by atoms with Gasteiger partial charge in [-0.15, -0.1) is 0 Å². The van der Waals surface area contributed by atoms with Gasteiger partial charge in [0.15, 0.2) is 0 Å². The first kappa shape index (κ1) is 20.1. The number of amides is 2. The van der Waals surface area contributed by atoms with Crippen LogP contribution in [0.2, 0.25) is 0 Å². The maximum absolute atomic E-state index is 13.0. The second kappa shape index (κ2) is 7.98. The van der Waals surface area contributed by atoms with Crippen LogP contribution in [-0.2, 0) is 11.0 Å². The maximum atomic E-state index is 13.0. The molecule has 0 aliphatic rings. The summed E-state index contributed by atoms with van der Waals surface area (Å²) in [6.45, 7) is 1.20. The summed E-state index contributed by atoms with van der Waals surface area (Å²) in [6, 6.07) is 7.00. The highest BCUT2D eigenvalue weighted by Crippen LogP contribution is 2.34. The fraction of sp³-hybridized carbons (Fsp3) is 0.222. The molecule has 0 saturated heterocycles. The molecule has 0 aromatic heterocycles. The van der Waals surface area contributed by atoms with Gasteiger partial charge in [-0.1, -0.05) is 0 Å². The third-order valence-electron chi connectivity index (χ3n) is 3.52. The van der Waals surface area contributed by atoms with Gasteiger partial charge in [-0.25, -0.2) is 0 Å². The zero-order valence-electron chi connectivity index (χ0n) is 14.7. The fourth-order valence-corrected chi connectivity index (χ4v) is 2.26. The first-order chi connectivity index (χ1) is 12.6. The monoisotopic (exact) mass is 382 g/mol. The summed E-state index contributed by atoms with van der Waals surface area (Å²) in [5.41, 5.74) is -1.00. The number of methoxy groups -OCH3 is 2. The van der Waals surface area contributed by atoms with Gasteiger partial charge in [-0.3, -0.25) is 9.59 Å². The lowest BCUT2D eigenvalue weighted by molar-refractivity contribution is -0.137. The van der Waals surface area contributed by atoms with Crippen molar-refractivity contribution < 1.29 is 32.2 Å². The predicted molar refractivity (Wildman–Crippen MR) is 93.2 cm³/mol. The molecule has 0 unspecified atom stereocenters. The molecule has 0 heterocycles. The number of rotatable bonds is 5. The number of carbonyl (C=O) groups excluding carboxylic acids is 2. The molecule has 0 atom stereocenters. The standard InChI is InChI=1S/C18H17F3N2O4/c1-10(24)22-15-5-4-12(18(19,20)21)8-16(15)23-17(25)11-6-13(26-2)9-14(7-11)27-3/h4-9H,1-3H3,(H,22,24)(H,23,25). The number of halogens is 3. The van der Waals surface area contributed by atoms with Crippen LogP contribution in [0.15, 0.2) is 36.4 Å². The van der Waals surface area contributed by atoms with Crippen LogP contribution in [0.5, 0.6) is 11.5 Å². The normalized spacial score (nSPS) is 10.9. The molecule has 9 heteroatoms. The first-order valence-electron chi connectivity index (χ1n) is 7.67. The molecule has 27 heavy (non-hydrogen) atoms. The topological polar surface area (TPSA) is 76.7 Å². The summed E-state index contributed by atoms with van der Waals surface area (Å²) >= 11 is 0. The van der Waals surface area contributed by atoms with Crippen LogP contribution in [0, 0.1) is 0 Å². The minimum atomic E-state index is -4.60. The summed E-state index contributed by atoms with van der Waals surface area (Å²) in [5.74, 6) is -0.511. The number of benzene rings is 2. The van der Waals surface area contributed by atoms with Crippen LogP contribution in [-0.4, -0.2) is 26.0 Å². The quantitative estimate of drug-likeness (QED) is 0.822. The van der Waals surface area contributed by atoms with Gasteiger partial charge in [0.2, 0.25) is 5.91 Å². The average Bonchev–Trinajstić information content (AvgIpc) is 2.61. The Bertz CT molecular complexity index is 844. The number of anilines is 2. The van der Waals surface area contributed by atoms with E-state index in [1.165, 1.54) is 33.3 Å². The molecule has 144 valence electrons. The Balaban J connectivity index is 2.42. The van der Waals surface area contributed by atoms with Crippen molar-refractivity contribution in [2.24, 2.45) is 0 Å². The predicted octanol–water partition coefficient (Wildman–Crippen LogP) is 3.93.